The first-order valence-electron chi connectivity index (χ1n) is 1.78. The molecule has 2 N–H and O–H groups in total. The van der Waals surface area contributed by atoms with E-state index < -0.39 is 11.5 Å². The minimum absolute atomic E-state index is 0.551. The van der Waals surface area contributed by atoms with Gasteiger partial charge in [0, 0.05) is 0 Å². The molecule has 0 aromatic carbocycles. The van der Waals surface area contributed by atoms with Crippen LogP contribution in [0.4, 0.5) is 4.79 Å². The van der Waals surface area contributed by atoms with Crippen LogP contribution < -0.4 is 5.73 Å². The highest BCUT2D eigenvalue weighted by atomic mass is 32.1. The largest absolute Gasteiger partial charge is 0.439 e. The van der Waals surface area contributed by atoms with E-state index in [-0.39, 0.29) is 0 Å². The van der Waals surface area contributed by atoms with Gasteiger partial charge < -0.3 is 4.74 Å². The summed E-state index contributed by atoms with van der Waals surface area (Å²) in [5, 5.41) is -0.644. The summed E-state index contributed by atoms with van der Waals surface area (Å²) < 4.78 is 4.25. The van der Waals surface area contributed by atoms with E-state index in [0.717, 1.165) is 0 Å². The van der Waals surface area contributed by atoms with Gasteiger partial charge in [0.2, 0.25) is 0 Å². The summed E-state index contributed by atoms with van der Waals surface area (Å²) in [5.41, 5.74) is 5.00. The molecule has 0 saturated carbocycles. The number of ether oxygens (including phenoxy) is 1. The van der Waals surface area contributed by atoms with Gasteiger partial charge in [-0.2, -0.15) is 0 Å². The van der Waals surface area contributed by atoms with Crippen molar-refractivity contribution in [2.45, 2.75) is 13.2 Å². The topological polar surface area (TPSA) is 52.3 Å². The zero-order chi connectivity index (χ0) is 5.86. The molecule has 4 heteroatoms. The Bertz CT molecular complexity index is 73.3. The van der Waals surface area contributed by atoms with Gasteiger partial charge in [-0.15, -0.1) is 0 Å². The number of rotatable bonds is 1. The molecular formula is C3H7NO2S. The van der Waals surface area contributed by atoms with Crippen LogP contribution in [-0.2, 0) is 4.74 Å². The van der Waals surface area contributed by atoms with E-state index in [9.17, 15) is 4.79 Å². The molecule has 1 unspecified atom stereocenters. The maximum absolute atomic E-state index is 9.82. The molecule has 0 aliphatic heterocycles. The highest BCUT2D eigenvalue weighted by Gasteiger charge is 1.94. The van der Waals surface area contributed by atoms with Crippen molar-refractivity contribution in [3.8, 4) is 0 Å². The Hall–Kier alpha value is -0.220. The smallest absolute Gasteiger partial charge is 0.365 e. The molecular weight excluding hydrogens is 114 g/mol. The molecule has 1 atom stereocenters. The summed E-state index contributed by atoms with van der Waals surface area (Å²) in [7, 11) is 0. The molecule has 0 aliphatic carbocycles. The fourth-order valence-electron chi connectivity index (χ4n) is 0.159. The molecule has 0 amide bonds. The zero-order valence-corrected chi connectivity index (χ0v) is 4.81. The van der Waals surface area contributed by atoms with Crippen molar-refractivity contribution in [2.75, 3.05) is 0 Å². The Morgan fingerprint density at radius 1 is 2.00 bits per heavy atom. The quantitative estimate of drug-likeness (QED) is 0.299. The van der Waals surface area contributed by atoms with Crippen LogP contribution in [0, 0.1) is 0 Å². The lowest BCUT2D eigenvalue weighted by atomic mass is 10.7. The molecule has 0 bridgehead atoms. The molecule has 0 radical (unpaired) electrons. The van der Waals surface area contributed by atoms with Crippen molar-refractivity contribution < 1.29 is 9.53 Å². The predicted molar refractivity (Wildman–Crippen MR) is 29.1 cm³/mol. The lowest BCUT2D eigenvalue weighted by Crippen LogP contribution is -2.19. The van der Waals surface area contributed by atoms with Gasteiger partial charge in [-0.1, -0.05) is 12.6 Å². The summed E-state index contributed by atoms with van der Waals surface area (Å²) in [4.78, 5) is 9.82. The fourth-order valence-corrected chi connectivity index (χ4v) is 0.325. The Balaban J connectivity index is 3.13. The summed E-state index contributed by atoms with van der Waals surface area (Å²) in [6.45, 7) is 1.55. The first-order chi connectivity index (χ1) is 3.13. The average Bonchev–Trinajstić information content (AvgIpc) is 1.27. The highest BCUT2D eigenvalue weighted by molar-refractivity contribution is 7.96. The van der Waals surface area contributed by atoms with Crippen LogP contribution in [-0.4, -0.2) is 11.5 Å². The SMILES string of the molecule is CC(N)OC(=O)S. The van der Waals surface area contributed by atoms with Crippen LogP contribution in [0.1, 0.15) is 6.92 Å². The van der Waals surface area contributed by atoms with Gasteiger partial charge in [0.1, 0.15) is 6.23 Å². The van der Waals surface area contributed by atoms with E-state index in [4.69, 9.17) is 5.73 Å². The molecule has 0 aromatic rings. The highest BCUT2D eigenvalue weighted by Crippen LogP contribution is 1.86. The first-order valence-corrected chi connectivity index (χ1v) is 2.23. The summed E-state index contributed by atoms with van der Waals surface area (Å²) in [6.07, 6.45) is -0.551. The van der Waals surface area contributed by atoms with Gasteiger partial charge in [0.15, 0.2) is 0 Å². The summed E-state index contributed by atoms with van der Waals surface area (Å²) >= 11 is 3.30. The Morgan fingerprint density at radius 3 is 2.43 bits per heavy atom. The second-order valence-corrected chi connectivity index (χ2v) is 1.45. The average molecular weight is 121 g/mol. The molecule has 0 fully saturated rings. The molecule has 0 aromatic heterocycles. The Labute approximate surface area is 47.2 Å². The third kappa shape index (κ3) is 5.78. The fraction of sp³-hybridized carbons (Fsp3) is 0.667. The van der Waals surface area contributed by atoms with Crippen LogP contribution in [0.2, 0.25) is 0 Å². The number of carbonyl (C=O) groups is 1. The molecule has 42 valence electrons. The molecule has 0 spiro atoms. The van der Waals surface area contributed by atoms with Gasteiger partial charge in [0.05, 0.1) is 0 Å². The normalized spacial score (nSPS) is 13.0. The monoisotopic (exact) mass is 121 g/mol. The number of carbonyl (C=O) groups excluding carboxylic acids is 1. The maximum atomic E-state index is 9.82. The van der Waals surface area contributed by atoms with E-state index >= 15 is 0 Å². The zero-order valence-electron chi connectivity index (χ0n) is 3.92. The molecule has 0 saturated heterocycles. The first kappa shape index (κ1) is 6.78. The third-order valence-corrected chi connectivity index (χ3v) is 0.392. The van der Waals surface area contributed by atoms with E-state index in [0.29, 0.717) is 0 Å². The van der Waals surface area contributed by atoms with Crippen LogP contribution in [0.3, 0.4) is 0 Å². The Kier molecular flexibility index (Phi) is 2.78. The molecule has 0 aliphatic rings. The standard InChI is InChI=1S/C3H7NO2S/c1-2(4)6-3(5)7/h2H,4H2,1H3,(H,5,7). The second-order valence-electron chi connectivity index (χ2n) is 1.09. The predicted octanol–water partition coefficient (Wildman–Crippen LogP) is 0.358. The van der Waals surface area contributed by atoms with Gasteiger partial charge in [-0.05, 0) is 6.92 Å². The lowest BCUT2D eigenvalue weighted by molar-refractivity contribution is 0.137. The molecule has 0 rings (SSSR count). The van der Waals surface area contributed by atoms with Crippen molar-refractivity contribution in [2.24, 2.45) is 5.73 Å². The van der Waals surface area contributed by atoms with Crippen molar-refractivity contribution in [3.63, 3.8) is 0 Å². The molecule has 0 heterocycles. The summed E-state index contributed by atoms with van der Waals surface area (Å²) in [6, 6.07) is 0. The minimum atomic E-state index is -0.644. The molecule has 3 nitrogen and oxygen atoms in total. The summed E-state index contributed by atoms with van der Waals surface area (Å²) in [5.74, 6) is 0. The lowest BCUT2D eigenvalue weighted by Gasteiger charge is -2.01. The third-order valence-electron chi connectivity index (χ3n) is 0.287. The number of nitrogens with two attached hydrogens (primary N) is 1. The van der Waals surface area contributed by atoms with Crippen molar-refractivity contribution in [1.82, 2.24) is 0 Å². The van der Waals surface area contributed by atoms with Crippen LogP contribution in [0.5, 0.6) is 0 Å². The number of thiol groups is 1. The van der Waals surface area contributed by atoms with Gasteiger partial charge in [0.25, 0.3) is 0 Å². The van der Waals surface area contributed by atoms with Crippen LogP contribution in [0.25, 0.3) is 0 Å². The Morgan fingerprint density at radius 2 is 2.43 bits per heavy atom. The second kappa shape index (κ2) is 2.87. The van der Waals surface area contributed by atoms with E-state index in [1.54, 1.807) is 6.92 Å². The van der Waals surface area contributed by atoms with Crippen molar-refractivity contribution in [3.05, 3.63) is 0 Å². The molecule has 7 heavy (non-hydrogen) atoms. The number of hydrogen-bond donors (Lipinski definition) is 2. The van der Waals surface area contributed by atoms with E-state index in [1.165, 1.54) is 0 Å². The van der Waals surface area contributed by atoms with E-state index in [2.05, 4.69) is 17.4 Å². The van der Waals surface area contributed by atoms with Crippen molar-refractivity contribution in [1.29, 1.82) is 0 Å². The van der Waals surface area contributed by atoms with Gasteiger partial charge >= 0.3 is 5.30 Å². The van der Waals surface area contributed by atoms with Gasteiger partial charge in [-0.3, -0.25) is 5.73 Å². The van der Waals surface area contributed by atoms with Crippen LogP contribution >= 0.6 is 12.6 Å². The van der Waals surface area contributed by atoms with Crippen molar-refractivity contribution >= 4 is 17.9 Å². The van der Waals surface area contributed by atoms with Crippen LogP contribution in [0.15, 0.2) is 0 Å². The number of hydrogen-bond acceptors (Lipinski definition) is 3. The van der Waals surface area contributed by atoms with E-state index in [1.807, 2.05) is 0 Å². The maximum Gasteiger partial charge on any atom is 0.365 e. The van der Waals surface area contributed by atoms with Gasteiger partial charge in [-0.25, -0.2) is 4.79 Å². The minimum Gasteiger partial charge on any atom is -0.439 e.